The topological polar surface area (TPSA) is 33.1 Å². The summed E-state index contributed by atoms with van der Waals surface area (Å²) in [5.41, 5.74) is 0. The molecule has 1 aliphatic heterocycles. The Morgan fingerprint density at radius 1 is 1.41 bits per heavy atom. The minimum Gasteiger partial charge on any atom is -0.311 e. The molecule has 1 aromatic heterocycles. The van der Waals surface area contributed by atoms with Crippen molar-refractivity contribution in [3.63, 3.8) is 0 Å². The fourth-order valence-electron chi connectivity index (χ4n) is 2.94. The monoisotopic (exact) mass is 234 g/mol. The van der Waals surface area contributed by atoms with Crippen LogP contribution in [0.2, 0.25) is 0 Å². The molecule has 4 nitrogen and oxygen atoms in total. The maximum Gasteiger partial charge on any atom is 0.0534 e. The Morgan fingerprint density at radius 2 is 2.29 bits per heavy atom. The molecule has 1 aromatic rings. The van der Waals surface area contributed by atoms with Crippen molar-refractivity contribution < 1.29 is 0 Å². The summed E-state index contributed by atoms with van der Waals surface area (Å²) < 4.78 is 1.99. The number of likely N-dealkylation sites (tertiary alicyclic amines) is 1. The van der Waals surface area contributed by atoms with Crippen molar-refractivity contribution in [2.24, 2.45) is 0 Å². The predicted octanol–water partition coefficient (Wildman–Crippen LogP) is 1.10. The third kappa shape index (κ3) is 2.69. The number of nitrogens with one attached hydrogen (secondary N) is 1. The Hall–Kier alpha value is -0.870. The first-order valence-electron chi connectivity index (χ1n) is 6.79. The molecule has 0 bridgehead atoms. The van der Waals surface area contributed by atoms with Gasteiger partial charge in [-0.1, -0.05) is 0 Å². The van der Waals surface area contributed by atoms with Gasteiger partial charge in [0.25, 0.3) is 0 Å². The van der Waals surface area contributed by atoms with E-state index in [4.69, 9.17) is 0 Å². The average molecular weight is 234 g/mol. The van der Waals surface area contributed by atoms with Crippen LogP contribution in [-0.2, 0) is 6.54 Å². The van der Waals surface area contributed by atoms with Crippen LogP contribution in [-0.4, -0.2) is 45.9 Å². The third-order valence-corrected chi connectivity index (χ3v) is 3.97. The number of hydrogen-bond donors (Lipinski definition) is 1. The molecule has 2 unspecified atom stereocenters. The first-order chi connectivity index (χ1) is 8.33. The molecule has 2 fully saturated rings. The lowest BCUT2D eigenvalue weighted by atomic mass is 10.2. The van der Waals surface area contributed by atoms with Crippen LogP contribution in [0.5, 0.6) is 0 Å². The van der Waals surface area contributed by atoms with E-state index in [1.807, 2.05) is 23.1 Å². The van der Waals surface area contributed by atoms with Crippen LogP contribution in [0, 0.1) is 0 Å². The van der Waals surface area contributed by atoms with E-state index in [0.717, 1.165) is 25.2 Å². The van der Waals surface area contributed by atoms with Crippen molar-refractivity contribution in [2.75, 3.05) is 13.1 Å². The van der Waals surface area contributed by atoms with Crippen LogP contribution in [0.1, 0.15) is 26.2 Å². The van der Waals surface area contributed by atoms with Crippen molar-refractivity contribution in [3.05, 3.63) is 18.5 Å². The Labute approximate surface area is 103 Å². The second kappa shape index (κ2) is 4.78. The lowest BCUT2D eigenvalue weighted by Crippen LogP contribution is -2.35. The molecule has 1 saturated carbocycles. The highest BCUT2D eigenvalue weighted by atomic mass is 15.3. The van der Waals surface area contributed by atoms with Gasteiger partial charge in [0.15, 0.2) is 0 Å². The lowest BCUT2D eigenvalue weighted by molar-refractivity contribution is 0.255. The number of nitrogens with zero attached hydrogens (tertiary/aromatic N) is 3. The van der Waals surface area contributed by atoms with Crippen molar-refractivity contribution in [3.8, 4) is 0 Å². The summed E-state index contributed by atoms with van der Waals surface area (Å²) in [6.45, 7) is 5.61. The predicted molar refractivity (Wildman–Crippen MR) is 67.8 cm³/mol. The first kappa shape index (κ1) is 11.2. The molecule has 0 aromatic carbocycles. The molecule has 94 valence electrons. The molecule has 2 heterocycles. The van der Waals surface area contributed by atoms with Crippen molar-refractivity contribution >= 4 is 0 Å². The van der Waals surface area contributed by atoms with Gasteiger partial charge in [0, 0.05) is 43.6 Å². The summed E-state index contributed by atoms with van der Waals surface area (Å²) in [5.74, 6) is 0. The summed E-state index contributed by atoms with van der Waals surface area (Å²) in [7, 11) is 0. The fourth-order valence-corrected chi connectivity index (χ4v) is 2.94. The molecule has 0 spiro atoms. The Morgan fingerprint density at radius 3 is 3.00 bits per heavy atom. The maximum absolute atomic E-state index is 4.21. The van der Waals surface area contributed by atoms with E-state index in [0.29, 0.717) is 6.04 Å². The van der Waals surface area contributed by atoms with E-state index >= 15 is 0 Å². The number of rotatable bonds is 5. The van der Waals surface area contributed by atoms with Gasteiger partial charge < -0.3 is 5.32 Å². The molecule has 1 N–H and O–H groups in total. The first-order valence-corrected chi connectivity index (χ1v) is 6.79. The molecular weight excluding hydrogens is 212 g/mol. The van der Waals surface area contributed by atoms with Gasteiger partial charge in [0.1, 0.15) is 0 Å². The molecule has 17 heavy (non-hydrogen) atoms. The summed E-state index contributed by atoms with van der Waals surface area (Å²) in [4.78, 5) is 2.69. The Balaban J connectivity index is 1.41. The van der Waals surface area contributed by atoms with E-state index < -0.39 is 0 Å². The summed E-state index contributed by atoms with van der Waals surface area (Å²) in [6.07, 6.45) is 8.01. The van der Waals surface area contributed by atoms with Crippen LogP contribution in [0.4, 0.5) is 0 Å². The minimum absolute atomic E-state index is 0.682. The molecule has 0 radical (unpaired) electrons. The molecule has 2 aliphatic rings. The van der Waals surface area contributed by atoms with Crippen molar-refractivity contribution in [2.45, 2.75) is 50.9 Å². The number of aromatic nitrogens is 2. The second-order valence-corrected chi connectivity index (χ2v) is 5.43. The van der Waals surface area contributed by atoms with Crippen molar-refractivity contribution in [1.29, 1.82) is 0 Å². The van der Waals surface area contributed by atoms with Crippen LogP contribution < -0.4 is 5.32 Å². The quantitative estimate of drug-likeness (QED) is 0.828. The third-order valence-electron chi connectivity index (χ3n) is 3.97. The fraction of sp³-hybridized carbons (Fsp3) is 0.769. The van der Waals surface area contributed by atoms with Gasteiger partial charge in [-0.3, -0.25) is 9.58 Å². The molecule has 1 saturated heterocycles. The average Bonchev–Trinajstić information content (AvgIpc) is 2.89. The zero-order chi connectivity index (χ0) is 11.7. The standard InChI is InChI=1S/C13H22N4/c1-11-9-12(10-17(11)13-3-4-13)14-6-8-16-7-2-5-15-16/h2,5,7,11-14H,3-4,6,8-10H2,1H3. The van der Waals surface area contributed by atoms with E-state index in [1.165, 1.54) is 25.8 Å². The van der Waals surface area contributed by atoms with Gasteiger partial charge in [-0.2, -0.15) is 5.10 Å². The highest BCUT2D eigenvalue weighted by Gasteiger charge is 2.38. The zero-order valence-electron chi connectivity index (χ0n) is 10.5. The van der Waals surface area contributed by atoms with E-state index in [1.54, 1.807) is 0 Å². The Bertz CT molecular complexity index is 344. The maximum atomic E-state index is 4.21. The molecule has 0 amide bonds. The van der Waals surface area contributed by atoms with E-state index in [2.05, 4.69) is 22.2 Å². The Kier molecular flexibility index (Phi) is 3.16. The van der Waals surface area contributed by atoms with Crippen LogP contribution in [0.25, 0.3) is 0 Å². The molecule has 3 rings (SSSR count). The summed E-state index contributed by atoms with van der Waals surface area (Å²) >= 11 is 0. The van der Waals surface area contributed by atoms with Gasteiger partial charge in [-0.25, -0.2) is 0 Å². The second-order valence-electron chi connectivity index (χ2n) is 5.43. The van der Waals surface area contributed by atoms with E-state index in [-0.39, 0.29) is 0 Å². The molecule has 4 heteroatoms. The normalized spacial score (nSPS) is 29.9. The van der Waals surface area contributed by atoms with Gasteiger partial charge in [0.2, 0.25) is 0 Å². The molecule has 1 aliphatic carbocycles. The van der Waals surface area contributed by atoms with Crippen molar-refractivity contribution in [1.82, 2.24) is 20.0 Å². The van der Waals surface area contributed by atoms with E-state index in [9.17, 15) is 0 Å². The van der Waals surface area contributed by atoms with Crippen LogP contribution >= 0.6 is 0 Å². The largest absolute Gasteiger partial charge is 0.311 e. The highest BCUT2D eigenvalue weighted by Crippen LogP contribution is 2.33. The van der Waals surface area contributed by atoms with Crippen LogP contribution in [0.15, 0.2) is 18.5 Å². The van der Waals surface area contributed by atoms with Gasteiger partial charge in [-0.15, -0.1) is 0 Å². The summed E-state index contributed by atoms with van der Waals surface area (Å²) in [6, 6.07) is 4.33. The molecule has 2 atom stereocenters. The zero-order valence-corrected chi connectivity index (χ0v) is 10.5. The smallest absolute Gasteiger partial charge is 0.0534 e. The highest BCUT2D eigenvalue weighted by molar-refractivity contribution is 4.95. The number of hydrogen-bond acceptors (Lipinski definition) is 3. The lowest BCUT2D eigenvalue weighted by Gasteiger charge is -2.19. The van der Waals surface area contributed by atoms with Gasteiger partial charge in [0.05, 0.1) is 6.54 Å². The summed E-state index contributed by atoms with van der Waals surface area (Å²) in [5, 5.41) is 7.88. The molecular formula is C13H22N4. The van der Waals surface area contributed by atoms with Gasteiger partial charge >= 0.3 is 0 Å². The SMILES string of the molecule is CC1CC(NCCn2cccn2)CN1C1CC1. The van der Waals surface area contributed by atoms with Crippen LogP contribution in [0.3, 0.4) is 0 Å². The minimum atomic E-state index is 0.682. The van der Waals surface area contributed by atoms with Gasteiger partial charge in [-0.05, 0) is 32.3 Å².